The van der Waals surface area contributed by atoms with Gasteiger partial charge in [-0.3, -0.25) is 9.78 Å². The first-order chi connectivity index (χ1) is 9.80. The van der Waals surface area contributed by atoms with E-state index < -0.39 is 5.54 Å². The Labute approximate surface area is 124 Å². The Balaban J connectivity index is 2.32. The highest BCUT2D eigenvalue weighted by Gasteiger charge is 2.16. The van der Waals surface area contributed by atoms with Gasteiger partial charge in [0, 0.05) is 23.5 Å². The summed E-state index contributed by atoms with van der Waals surface area (Å²) < 4.78 is 5.18. The molecule has 0 unspecified atom stereocenters. The van der Waals surface area contributed by atoms with Crippen molar-refractivity contribution >= 4 is 16.8 Å². The Morgan fingerprint density at radius 2 is 2.10 bits per heavy atom. The number of nitrogens with zero attached hydrogens (tertiary/aromatic N) is 1. The van der Waals surface area contributed by atoms with Gasteiger partial charge in [-0.25, -0.2) is 0 Å². The number of amides is 1. The molecule has 1 amide bonds. The van der Waals surface area contributed by atoms with Crippen molar-refractivity contribution in [2.24, 2.45) is 5.73 Å². The molecule has 5 nitrogen and oxygen atoms in total. The number of hydrogen-bond acceptors (Lipinski definition) is 4. The number of rotatable bonds is 4. The van der Waals surface area contributed by atoms with E-state index in [2.05, 4.69) is 10.3 Å². The Bertz CT molecular complexity index is 675. The summed E-state index contributed by atoms with van der Waals surface area (Å²) in [7, 11) is 1.62. The van der Waals surface area contributed by atoms with E-state index in [1.807, 2.05) is 45.0 Å². The number of hydrogen-bond donors (Lipinski definition) is 2. The number of nitrogens with one attached hydrogen (secondary N) is 1. The van der Waals surface area contributed by atoms with Gasteiger partial charge in [-0.2, -0.15) is 0 Å². The smallest absolute Gasteiger partial charge is 0.253 e. The monoisotopic (exact) mass is 287 g/mol. The number of carbonyl (C=O) groups excluding carboxylic acids is 1. The van der Waals surface area contributed by atoms with Gasteiger partial charge in [-0.15, -0.1) is 0 Å². The molecule has 0 radical (unpaired) electrons. The van der Waals surface area contributed by atoms with E-state index in [1.54, 1.807) is 7.11 Å². The molecule has 1 aromatic carbocycles. The number of benzene rings is 1. The van der Waals surface area contributed by atoms with Gasteiger partial charge >= 0.3 is 0 Å². The van der Waals surface area contributed by atoms with Crippen LogP contribution in [0.3, 0.4) is 0 Å². The van der Waals surface area contributed by atoms with Crippen LogP contribution in [0, 0.1) is 6.92 Å². The maximum atomic E-state index is 12.2. The molecule has 2 rings (SSSR count). The lowest BCUT2D eigenvalue weighted by Crippen LogP contribution is -2.45. The molecule has 1 aromatic heterocycles. The standard InChI is InChI=1S/C16H21N3O2/c1-10-13(15(20)18-9-16(2,3)17)7-11-5-6-12(21-4)8-14(11)19-10/h5-8H,9,17H2,1-4H3,(H,18,20). The quantitative estimate of drug-likeness (QED) is 0.902. The summed E-state index contributed by atoms with van der Waals surface area (Å²) in [5.41, 5.74) is 7.49. The summed E-state index contributed by atoms with van der Waals surface area (Å²) in [6.45, 7) is 5.96. The van der Waals surface area contributed by atoms with Crippen molar-refractivity contribution in [1.82, 2.24) is 10.3 Å². The molecule has 0 fully saturated rings. The largest absolute Gasteiger partial charge is 0.497 e. The fourth-order valence-corrected chi connectivity index (χ4v) is 2.00. The van der Waals surface area contributed by atoms with Crippen LogP contribution in [0.25, 0.3) is 10.9 Å². The molecule has 5 heteroatoms. The molecule has 21 heavy (non-hydrogen) atoms. The maximum Gasteiger partial charge on any atom is 0.253 e. The van der Waals surface area contributed by atoms with Crippen molar-refractivity contribution in [2.75, 3.05) is 13.7 Å². The maximum absolute atomic E-state index is 12.2. The Kier molecular flexibility index (Phi) is 4.14. The minimum atomic E-state index is -0.443. The summed E-state index contributed by atoms with van der Waals surface area (Å²) in [6, 6.07) is 7.44. The van der Waals surface area contributed by atoms with Crippen LogP contribution in [-0.2, 0) is 0 Å². The first-order valence-electron chi connectivity index (χ1n) is 6.82. The topological polar surface area (TPSA) is 77.2 Å². The SMILES string of the molecule is COc1ccc2cc(C(=O)NCC(C)(C)N)c(C)nc2c1. The lowest BCUT2D eigenvalue weighted by Gasteiger charge is -2.19. The highest BCUT2D eigenvalue weighted by Crippen LogP contribution is 2.21. The minimum absolute atomic E-state index is 0.156. The molecule has 2 aromatic rings. The highest BCUT2D eigenvalue weighted by atomic mass is 16.5. The summed E-state index contributed by atoms with van der Waals surface area (Å²) in [5.74, 6) is 0.590. The van der Waals surface area contributed by atoms with Gasteiger partial charge in [0.05, 0.1) is 23.9 Å². The molecule has 0 bridgehead atoms. The molecule has 0 atom stereocenters. The second-order valence-corrected chi connectivity index (χ2v) is 5.85. The molecule has 0 aliphatic rings. The number of carbonyl (C=O) groups is 1. The van der Waals surface area contributed by atoms with Crippen molar-refractivity contribution in [1.29, 1.82) is 0 Å². The average molecular weight is 287 g/mol. The molecular weight excluding hydrogens is 266 g/mol. The van der Waals surface area contributed by atoms with Gasteiger partial charge in [0.15, 0.2) is 0 Å². The van der Waals surface area contributed by atoms with Crippen LogP contribution < -0.4 is 15.8 Å². The van der Waals surface area contributed by atoms with E-state index in [0.717, 1.165) is 16.7 Å². The summed E-state index contributed by atoms with van der Waals surface area (Å²) >= 11 is 0. The van der Waals surface area contributed by atoms with E-state index in [-0.39, 0.29) is 5.91 Å². The number of aromatic nitrogens is 1. The van der Waals surface area contributed by atoms with E-state index in [9.17, 15) is 4.79 Å². The number of pyridine rings is 1. The zero-order chi connectivity index (χ0) is 15.6. The van der Waals surface area contributed by atoms with Gasteiger partial charge in [0.25, 0.3) is 5.91 Å². The van der Waals surface area contributed by atoms with Crippen molar-refractivity contribution < 1.29 is 9.53 Å². The summed E-state index contributed by atoms with van der Waals surface area (Å²) in [6.07, 6.45) is 0. The fraction of sp³-hybridized carbons (Fsp3) is 0.375. The van der Waals surface area contributed by atoms with Crippen LogP contribution in [0.5, 0.6) is 5.75 Å². The van der Waals surface area contributed by atoms with Gasteiger partial charge in [0.1, 0.15) is 5.75 Å². The van der Waals surface area contributed by atoms with Gasteiger partial charge < -0.3 is 15.8 Å². The van der Waals surface area contributed by atoms with Crippen LogP contribution >= 0.6 is 0 Å². The first kappa shape index (κ1) is 15.3. The molecule has 0 saturated carbocycles. The number of aryl methyl sites for hydroxylation is 1. The van der Waals surface area contributed by atoms with E-state index in [1.165, 1.54) is 0 Å². The number of fused-ring (bicyclic) bond motifs is 1. The second kappa shape index (κ2) is 5.69. The third-order valence-corrected chi connectivity index (χ3v) is 3.16. The van der Waals surface area contributed by atoms with Crippen molar-refractivity contribution in [3.63, 3.8) is 0 Å². The Morgan fingerprint density at radius 1 is 1.38 bits per heavy atom. The minimum Gasteiger partial charge on any atom is -0.497 e. The molecule has 0 aliphatic heterocycles. The van der Waals surface area contributed by atoms with Gasteiger partial charge in [0.2, 0.25) is 0 Å². The van der Waals surface area contributed by atoms with E-state index >= 15 is 0 Å². The predicted molar refractivity (Wildman–Crippen MR) is 83.6 cm³/mol. The van der Waals surface area contributed by atoms with Crippen molar-refractivity contribution in [3.8, 4) is 5.75 Å². The number of methoxy groups -OCH3 is 1. The summed E-state index contributed by atoms with van der Waals surface area (Å²) in [4.78, 5) is 16.7. The molecule has 112 valence electrons. The van der Waals surface area contributed by atoms with Crippen molar-refractivity contribution in [2.45, 2.75) is 26.3 Å². The molecule has 0 spiro atoms. The number of nitrogens with two attached hydrogens (primary N) is 1. The zero-order valence-electron chi connectivity index (χ0n) is 12.9. The Morgan fingerprint density at radius 3 is 2.71 bits per heavy atom. The zero-order valence-corrected chi connectivity index (χ0v) is 12.9. The fourth-order valence-electron chi connectivity index (χ4n) is 2.00. The first-order valence-corrected chi connectivity index (χ1v) is 6.82. The van der Waals surface area contributed by atoms with Crippen LogP contribution in [0.2, 0.25) is 0 Å². The highest BCUT2D eigenvalue weighted by molar-refractivity contribution is 5.98. The van der Waals surface area contributed by atoms with Gasteiger partial charge in [-0.05, 0) is 39.0 Å². The third-order valence-electron chi connectivity index (χ3n) is 3.16. The predicted octanol–water partition coefficient (Wildman–Crippen LogP) is 2.02. The van der Waals surface area contributed by atoms with Gasteiger partial charge in [-0.1, -0.05) is 0 Å². The third kappa shape index (κ3) is 3.70. The lowest BCUT2D eigenvalue weighted by atomic mass is 10.1. The normalized spacial score (nSPS) is 11.5. The molecular formula is C16H21N3O2. The molecule has 0 aliphatic carbocycles. The Hall–Kier alpha value is -2.14. The van der Waals surface area contributed by atoms with Crippen LogP contribution in [0.1, 0.15) is 29.9 Å². The van der Waals surface area contributed by atoms with E-state index in [4.69, 9.17) is 10.5 Å². The lowest BCUT2D eigenvalue weighted by molar-refractivity contribution is 0.0945. The van der Waals surface area contributed by atoms with Crippen molar-refractivity contribution in [3.05, 3.63) is 35.5 Å². The second-order valence-electron chi connectivity index (χ2n) is 5.85. The number of ether oxygens (including phenoxy) is 1. The van der Waals surface area contributed by atoms with Crippen LogP contribution in [0.4, 0.5) is 0 Å². The molecule has 0 saturated heterocycles. The van der Waals surface area contributed by atoms with Crippen LogP contribution in [0.15, 0.2) is 24.3 Å². The van der Waals surface area contributed by atoms with Crippen LogP contribution in [-0.4, -0.2) is 30.1 Å². The summed E-state index contributed by atoms with van der Waals surface area (Å²) in [5, 5.41) is 3.74. The molecule has 3 N–H and O–H groups in total. The average Bonchev–Trinajstić information content (AvgIpc) is 2.42. The van der Waals surface area contributed by atoms with E-state index in [0.29, 0.717) is 17.8 Å². The molecule has 1 heterocycles.